The first-order valence-electron chi connectivity index (χ1n) is 9.86. The third-order valence-corrected chi connectivity index (χ3v) is 4.95. The molecule has 1 amide bonds. The lowest BCUT2D eigenvalue weighted by molar-refractivity contribution is 0.0976. The maximum Gasteiger partial charge on any atom is 0.258 e. The summed E-state index contributed by atoms with van der Waals surface area (Å²) >= 11 is 0. The first-order valence-corrected chi connectivity index (χ1v) is 9.86. The molecule has 30 heavy (non-hydrogen) atoms. The molecule has 0 bridgehead atoms. The molecule has 7 heteroatoms. The Morgan fingerprint density at radius 2 is 1.80 bits per heavy atom. The average molecular weight is 407 g/mol. The fourth-order valence-electron chi connectivity index (χ4n) is 3.21. The fraction of sp³-hybridized carbons (Fsp3) is 0.261. The lowest BCUT2D eigenvalue weighted by Crippen LogP contribution is -2.36. The highest BCUT2D eigenvalue weighted by Crippen LogP contribution is 2.15. The van der Waals surface area contributed by atoms with Crippen LogP contribution in [0.25, 0.3) is 0 Å². The van der Waals surface area contributed by atoms with Crippen molar-refractivity contribution in [1.82, 2.24) is 15.1 Å². The van der Waals surface area contributed by atoms with Crippen molar-refractivity contribution in [3.63, 3.8) is 0 Å². The molecule has 0 atom stereocenters. The monoisotopic (exact) mass is 407 g/mol. The molecule has 0 saturated carbocycles. The molecular formula is C23H26FN5O. The Labute approximate surface area is 175 Å². The molecule has 0 fully saturated rings. The number of guanidine groups is 1. The summed E-state index contributed by atoms with van der Waals surface area (Å²) in [4.78, 5) is 17.4. The van der Waals surface area contributed by atoms with Gasteiger partial charge in [-0.2, -0.15) is 5.10 Å². The van der Waals surface area contributed by atoms with Crippen LogP contribution in [0.1, 0.15) is 39.8 Å². The van der Waals surface area contributed by atoms with Crippen molar-refractivity contribution >= 4 is 17.6 Å². The summed E-state index contributed by atoms with van der Waals surface area (Å²) in [5.74, 6) is -0.307. The Kier molecular flexibility index (Phi) is 6.61. The highest BCUT2D eigenvalue weighted by atomic mass is 19.1. The third-order valence-electron chi connectivity index (χ3n) is 4.95. The van der Waals surface area contributed by atoms with E-state index in [0.717, 1.165) is 29.1 Å². The molecule has 0 saturated heterocycles. The lowest BCUT2D eigenvalue weighted by Gasteiger charge is -2.13. The zero-order valence-corrected chi connectivity index (χ0v) is 17.7. The van der Waals surface area contributed by atoms with E-state index in [1.54, 1.807) is 18.2 Å². The van der Waals surface area contributed by atoms with Crippen LogP contribution in [-0.4, -0.2) is 21.6 Å². The van der Waals surface area contributed by atoms with Crippen LogP contribution in [-0.2, 0) is 13.1 Å². The Morgan fingerprint density at radius 1 is 1.10 bits per heavy atom. The van der Waals surface area contributed by atoms with Crippen molar-refractivity contribution in [3.8, 4) is 0 Å². The van der Waals surface area contributed by atoms with E-state index in [4.69, 9.17) is 0 Å². The van der Waals surface area contributed by atoms with Crippen molar-refractivity contribution in [2.75, 3.05) is 5.32 Å². The van der Waals surface area contributed by atoms with E-state index in [9.17, 15) is 9.18 Å². The number of anilines is 1. The van der Waals surface area contributed by atoms with Crippen LogP contribution in [0.5, 0.6) is 0 Å². The molecular weight excluding hydrogens is 381 g/mol. The van der Waals surface area contributed by atoms with Gasteiger partial charge in [0.1, 0.15) is 5.82 Å². The molecule has 2 N–H and O–H groups in total. The second-order valence-electron chi connectivity index (χ2n) is 7.03. The van der Waals surface area contributed by atoms with E-state index in [0.29, 0.717) is 17.8 Å². The zero-order valence-electron chi connectivity index (χ0n) is 17.7. The van der Waals surface area contributed by atoms with Crippen LogP contribution in [0.15, 0.2) is 53.5 Å². The van der Waals surface area contributed by atoms with Crippen molar-refractivity contribution in [3.05, 3.63) is 82.4 Å². The Morgan fingerprint density at radius 3 is 2.43 bits per heavy atom. The lowest BCUT2D eigenvalue weighted by atomic mass is 10.1. The van der Waals surface area contributed by atoms with E-state index in [2.05, 4.69) is 20.7 Å². The van der Waals surface area contributed by atoms with Gasteiger partial charge in [-0.15, -0.1) is 0 Å². The number of hydrogen-bond acceptors (Lipinski definition) is 3. The molecule has 0 aliphatic heterocycles. The fourth-order valence-corrected chi connectivity index (χ4v) is 3.21. The number of hydrogen-bond donors (Lipinski definition) is 2. The van der Waals surface area contributed by atoms with Gasteiger partial charge < -0.3 is 5.32 Å². The van der Waals surface area contributed by atoms with Gasteiger partial charge in [0.25, 0.3) is 5.91 Å². The number of amides is 1. The first-order chi connectivity index (χ1) is 14.4. The third kappa shape index (κ3) is 4.92. The van der Waals surface area contributed by atoms with Crippen molar-refractivity contribution in [2.24, 2.45) is 4.99 Å². The van der Waals surface area contributed by atoms with E-state index >= 15 is 0 Å². The van der Waals surface area contributed by atoms with Gasteiger partial charge in [-0.05, 0) is 63.6 Å². The van der Waals surface area contributed by atoms with Gasteiger partial charge in [-0.25, -0.2) is 9.38 Å². The van der Waals surface area contributed by atoms with Crippen LogP contribution >= 0.6 is 0 Å². The predicted octanol–water partition coefficient (Wildman–Crippen LogP) is 4.37. The zero-order chi connectivity index (χ0) is 21.7. The quantitative estimate of drug-likeness (QED) is 0.487. The molecule has 1 aromatic heterocycles. The molecule has 156 valence electrons. The Bertz CT molecular complexity index is 1070. The molecule has 0 aliphatic carbocycles. The van der Waals surface area contributed by atoms with Crippen molar-refractivity contribution in [1.29, 1.82) is 0 Å². The van der Waals surface area contributed by atoms with Gasteiger partial charge in [0.05, 0.1) is 12.2 Å². The first kappa shape index (κ1) is 21.2. The number of nitrogens with zero attached hydrogens (tertiary/aromatic N) is 3. The summed E-state index contributed by atoms with van der Waals surface area (Å²) in [6.45, 7) is 9.01. The normalized spacial score (nSPS) is 11.4. The number of benzene rings is 2. The summed E-state index contributed by atoms with van der Waals surface area (Å²) in [7, 11) is 0. The highest BCUT2D eigenvalue weighted by Gasteiger charge is 2.14. The maximum atomic E-state index is 13.3. The average Bonchev–Trinajstić information content (AvgIpc) is 3.01. The maximum absolute atomic E-state index is 13.3. The topological polar surface area (TPSA) is 71.3 Å². The molecule has 1 heterocycles. The van der Waals surface area contributed by atoms with Crippen LogP contribution < -0.4 is 10.6 Å². The standard InChI is InChI=1S/C23H26FN5O/c1-5-29-17(4)21(16(3)28-29)14-25-23(26-19-12-10-18(24)11-13-19)27-22(30)20-9-7-6-8-15(20)2/h6-13H,5,14H2,1-4H3,(H2,25,26,27,30). The number of aliphatic imine (C=N–C) groups is 1. The molecule has 0 unspecified atom stereocenters. The van der Waals surface area contributed by atoms with Gasteiger partial charge in [-0.3, -0.25) is 14.8 Å². The smallest absolute Gasteiger partial charge is 0.258 e. The summed E-state index contributed by atoms with van der Waals surface area (Å²) in [6, 6.07) is 13.2. The molecule has 3 rings (SSSR count). The summed E-state index contributed by atoms with van der Waals surface area (Å²) in [5.41, 5.74) is 5.03. The predicted molar refractivity (Wildman–Crippen MR) is 117 cm³/mol. The molecule has 0 radical (unpaired) electrons. The number of aromatic nitrogens is 2. The van der Waals surface area contributed by atoms with Gasteiger partial charge >= 0.3 is 0 Å². The van der Waals surface area contributed by atoms with Crippen molar-refractivity contribution in [2.45, 2.75) is 40.8 Å². The minimum Gasteiger partial charge on any atom is -0.326 e. The summed E-state index contributed by atoms with van der Waals surface area (Å²) < 4.78 is 15.2. The SMILES string of the molecule is CCn1nc(C)c(CN=C(NC(=O)c2ccccc2C)Nc2ccc(F)cc2)c1C. The second-order valence-corrected chi connectivity index (χ2v) is 7.03. The van der Waals surface area contributed by atoms with E-state index in [-0.39, 0.29) is 17.7 Å². The molecule has 6 nitrogen and oxygen atoms in total. The molecule has 2 aromatic carbocycles. The number of halogens is 1. The highest BCUT2D eigenvalue weighted by molar-refractivity contribution is 6.10. The second kappa shape index (κ2) is 9.35. The van der Waals surface area contributed by atoms with E-state index in [1.807, 2.05) is 50.6 Å². The Balaban J connectivity index is 1.87. The largest absolute Gasteiger partial charge is 0.326 e. The van der Waals surface area contributed by atoms with E-state index < -0.39 is 0 Å². The Hall–Kier alpha value is -3.48. The number of nitrogens with one attached hydrogen (secondary N) is 2. The van der Waals surface area contributed by atoms with Gasteiger partial charge in [0.2, 0.25) is 5.96 Å². The van der Waals surface area contributed by atoms with Gasteiger partial charge in [0.15, 0.2) is 0 Å². The molecule has 3 aromatic rings. The molecule has 0 aliphatic rings. The van der Waals surface area contributed by atoms with Gasteiger partial charge in [-0.1, -0.05) is 18.2 Å². The van der Waals surface area contributed by atoms with Crippen molar-refractivity contribution < 1.29 is 9.18 Å². The molecule has 0 spiro atoms. The summed E-state index contributed by atoms with van der Waals surface area (Å²) in [5, 5.41) is 10.4. The van der Waals surface area contributed by atoms with Crippen LogP contribution in [0.3, 0.4) is 0 Å². The van der Waals surface area contributed by atoms with Crippen LogP contribution in [0.2, 0.25) is 0 Å². The van der Waals surface area contributed by atoms with Crippen LogP contribution in [0.4, 0.5) is 10.1 Å². The van der Waals surface area contributed by atoms with Gasteiger partial charge in [0, 0.05) is 29.1 Å². The van der Waals surface area contributed by atoms with Crippen LogP contribution in [0, 0.1) is 26.6 Å². The number of rotatable bonds is 5. The minimum absolute atomic E-state index is 0.265. The number of carbonyl (C=O) groups excluding carboxylic acids is 1. The number of carbonyl (C=O) groups is 1. The van der Waals surface area contributed by atoms with E-state index in [1.165, 1.54) is 12.1 Å². The summed E-state index contributed by atoms with van der Waals surface area (Å²) in [6.07, 6.45) is 0. The number of aryl methyl sites for hydroxylation is 3. The minimum atomic E-state index is -0.332.